The van der Waals surface area contributed by atoms with Gasteiger partial charge in [-0.15, -0.1) is 0 Å². The third-order valence-corrected chi connectivity index (χ3v) is 1.36. The molecule has 0 bridgehead atoms. The Balaban J connectivity index is -0.000000196. The van der Waals surface area contributed by atoms with E-state index in [1.54, 1.807) is 36.7 Å². The van der Waals surface area contributed by atoms with Crippen molar-refractivity contribution in [3.63, 3.8) is 0 Å². The topological polar surface area (TPSA) is 65.7 Å². The zero-order valence-corrected chi connectivity index (χ0v) is 12.3. The number of hydrogen-bond donors (Lipinski definition) is 2. The molecule has 0 saturated carbocycles. The molecule has 0 aliphatic heterocycles. The molecule has 0 amide bonds. The molecule has 0 aliphatic rings. The van der Waals surface area contributed by atoms with E-state index >= 15 is 0 Å². The Morgan fingerprint density at radius 2 is 1.06 bits per heavy atom. The minimum atomic E-state index is -0.0532. The van der Waals surface area contributed by atoms with Crippen LogP contribution in [0.1, 0.15) is 0 Å². The molecule has 2 rings (SSSR count). The summed E-state index contributed by atoms with van der Waals surface area (Å²) in [5, 5.41) is 0. The molecule has 0 spiro atoms. The van der Waals surface area contributed by atoms with Crippen molar-refractivity contribution >= 4 is 0 Å². The molecule has 0 unspecified atom stereocenters. The van der Waals surface area contributed by atoms with Crippen molar-refractivity contribution in [1.29, 1.82) is 0 Å². The summed E-state index contributed by atoms with van der Waals surface area (Å²) < 4.78 is 0. The van der Waals surface area contributed by atoms with E-state index in [0.29, 0.717) is 0 Å². The third kappa shape index (κ3) is 11.4. The van der Waals surface area contributed by atoms with Gasteiger partial charge in [-0.25, -0.2) is 0 Å². The molecular weight excluding hydrogens is 446 g/mol. The van der Waals surface area contributed by atoms with Crippen LogP contribution in [0.2, 0.25) is 0 Å². The van der Waals surface area contributed by atoms with E-state index < -0.39 is 0 Å². The van der Waals surface area contributed by atoms with E-state index in [1.165, 1.54) is 12.1 Å². The number of H-pyrrole nitrogens is 2. The van der Waals surface area contributed by atoms with Crippen molar-refractivity contribution in [2.75, 3.05) is 0 Å². The fraction of sp³-hybridized carbons (Fsp3) is 0. The number of aromatic amines is 2. The van der Waals surface area contributed by atoms with Gasteiger partial charge in [0, 0.05) is 24.5 Å². The van der Waals surface area contributed by atoms with Crippen LogP contribution in [0.3, 0.4) is 0 Å². The maximum Gasteiger partial charge on any atom is 2.00 e. The van der Waals surface area contributed by atoms with Crippen LogP contribution in [0.25, 0.3) is 0 Å². The summed E-state index contributed by atoms with van der Waals surface area (Å²) in [4.78, 5) is 25.4. The Kier molecular flexibility index (Phi) is 16.7. The summed E-state index contributed by atoms with van der Waals surface area (Å²) >= 11 is 0. The molecule has 4 nitrogen and oxygen atoms in total. The summed E-state index contributed by atoms with van der Waals surface area (Å²) in [6, 6.07) is 9.86. The Labute approximate surface area is 125 Å². The molecule has 0 fully saturated rings. The van der Waals surface area contributed by atoms with Gasteiger partial charge >= 0.3 is 21.1 Å². The summed E-state index contributed by atoms with van der Waals surface area (Å²) in [7, 11) is 0. The number of nitrogens with one attached hydrogen (secondary N) is 2. The normalized spacial score (nSPS) is 7.06. The van der Waals surface area contributed by atoms with Crippen molar-refractivity contribution in [2.45, 2.75) is 0 Å². The van der Waals surface area contributed by atoms with Crippen LogP contribution in [0.15, 0.2) is 58.4 Å². The molecule has 0 radical (unpaired) electrons. The first-order chi connectivity index (χ1) is 6.79. The van der Waals surface area contributed by atoms with Gasteiger partial charge in [-0.2, -0.15) is 0 Å². The molecule has 96 valence electrons. The summed E-state index contributed by atoms with van der Waals surface area (Å²) in [5.41, 5.74) is -0.106. The molecule has 0 aromatic carbocycles. The van der Waals surface area contributed by atoms with Crippen molar-refractivity contribution in [3.05, 3.63) is 69.5 Å². The molecule has 2 aromatic heterocycles. The number of pyridine rings is 2. The second-order valence-corrected chi connectivity index (χ2v) is 2.45. The summed E-state index contributed by atoms with van der Waals surface area (Å²) in [6.45, 7) is 0. The second kappa shape index (κ2) is 13.2. The third-order valence-electron chi connectivity index (χ3n) is 1.36. The smallest absolute Gasteiger partial charge is 1.00 e. The molecule has 0 atom stereocenters. The Bertz CT molecular complexity index is 407. The molecule has 0 aliphatic carbocycles. The Morgan fingerprint density at radius 1 is 0.706 bits per heavy atom. The zero-order chi connectivity index (χ0) is 10.2. The number of aromatic nitrogens is 2. The molecule has 0 saturated heterocycles. The van der Waals surface area contributed by atoms with Gasteiger partial charge < -0.3 is 34.8 Å². The largest absolute Gasteiger partial charge is 2.00 e. The van der Waals surface area contributed by atoms with E-state index in [0.717, 1.165) is 0 Å². The van der Waals surface area contributed by atoms with Crippen LogP contribution in [-0.4, -0.2) is 9.97 Å². The first-order valence-corrected chi connectivity index (χ1v) is 4.06. The number of rotatable bonds is 0. The SMILES string of the molecule is O=c1cccc[nH]1.O=c1cccc[nH]1.[Cl-].[Cl-].[Pt+2]. The maximum atomic E-state index is 10.2. The Morgan fingerprint density at radius 3 is 1.18 bits per heavy atom. The number of hydrogen-bond acceptors (Lipinski definition) is 2. The van der Waals surface area contributed by atoms with Crippen molar-refractivity contribution in [2.24, 2.45) is 0 Å². The monoisotopic (exact) mass is 455 g/mol. The quantitative estimate of drug-likeness (QED) is 0.417. The molecule has 2 aromatic rings. The van der Waals surface area contributed by atoms with Gasteiger partial charge in [0.15, 0.2) is 0 Å². The van der Waals surface area contributed by atoms with Crippen LogP contribution in [-0.2, 0) is 21.1 Å². The van der Waals surface area contributed by atoms with E-state index in [1.807, 2.05) is 0 Å². The van der Waals surface area contributed by atoms with E-state index in [9.17, 15) is 9.59 Å². The Hall–Kier alpha value is -0.832. The van der Waals surface area contributed by atoms with Crippen molar-refractivity contribution < 1.29 is 45.9 Å². The van der Waals surface area contributed by atoms with E-state index in [-0.39, 0.29) is 57.0 Å². The molecular formula is C10H10Cl2N2O2Pt. The maximum absolute atomic E-state index is 10.2. The van der Waals surface area contributed by atoms with Crippen LogP contribution in [0.5, 0.6) is 0 Å². The molecule has 17 heavy (non-hydrogen) atoms. The van der Waals surface area contributed by atoms with Gasteiger partial charge in [0.05, 0.1) is 0 Å². The van der Waals surface area contributed by atoms with E-state index in [2.05, 4.69) is 9.97 Å². The van der Waals surface area contributed by atoms with Gasteiger partial charge in [0.2, 0.25) is 11.1 Å². The average molecular weight is 456 g/mol. The number of halogens is 2. The molecule has 2 N–H and O–H groups in total. The fourth-order valence-corrected chi connectivity index (χ4v) is 0.754. The van der Waals surface area contributed by atoms with E-state index in [4.69, 9.17) is 0 Å². The first kappa shape index (κ1) is 21.5. The van der Waals surface area contributed by atoms with Crippen LogP contribution in [0, 0.1) is 0 Å². The van der Waals surface area contributed by atoms with Gasteiger partial charge in [0.1, 0.15) is 0 Å². The molecule has 2 heterocycles. The van der Waals surface area contributed by atoms with Gasteiger partial charge in [-0.05, 0) is 12.1 Å². The van der Waals surface area contributed by atoms with Crippen LogP contribution >= 0.6 is 0 Å². The summed E-state index contributed by atoms with van der Waals surface area (Å²) in [5.74, 6) is 0. The van der Waals surface area contributed by atoms with Crippen molar-refractivity contribution in [3.8, 4) is 0 Å². The second-order valence-electron chi connectivity index (χ2n) is 2.45. The minimum absolute atomic E-state index is 0. The van der Waals surface area contributed by atoms with Crippen LogP contribution < -0.4 is 35.9 Å². The van der Waals surface area contributed by atoms with Crippen molar-refractivity contribution in [1.82, 2.24) is 9.97 Å². The fourth-order valence-electron chi connectivity index (χ4n) is 0.754. The molecule has 7 heteroatoms. The average Bonchev–Trinajstić information content (AvgIpc) is 2.21. The van der Waals surface area contributed by atoms with Gasteiger partial charge in [-0.1, -0.05) is 12.1 Å². The van der Waals surface area contributed by atoms with Gasteiger partial charge in [0.25, 0.3) is 0 Å². The summed E-state index contributed by atoms with van der Waals surface area (Å²) in [6.07, 6.45) is 3.20. The predicted octanol–water partition coefficient (Wildman–Crippen LogP) is -5.24. The first-order valence-electron chi connectivity index (χ1n) is 4.06. The standard InChI is InChI=1S/2C5H5NO.2ClH.Pt/c2*7-5-3-1-2-4-6-5;;;/h2*1-4H,(H,6,7);2*1H;/q;;;;+2/p-2. The van der Waals surface area contributed by atoms with Crippen LogP contribution in [0.4, 0.5) is 0 Å². The minimum Gasteiger partial charge on any atom is -1.00 e. The van der Waals surface area contributed by atoms with Gasteiger partial charge in [-0.3, -0.25) is 9.59 Å². The zero-order valence-electron chi connectivity index (χ0n) is 8.51. The predicted molar refractivity (Wildman–Crippen MR) is 54.1 cm³/mol.